The molecule has 1 fully saturated rings. The first-order chi connectivity index (χ1) is 7.49. The van der Waals surface area contributed by atoms with Crippen LogP contribution in [-0.2, 0) is 4.79 Å². The minimum atomic E-state index is -1.55. The van der Waals surface area contributed by atoms with Crippen molar-refractivity contribution in [3.8, 4) is 0 Å². The van der Waals surface area contributed by atoms with Crippen LogP contribution in [0.25, 0.3) is 0 Å². The predicted octanol–water partition coefficient (Wildman–Crippen LogP) is -0.0803. The van der Waals surface area contributed by atoms with Crippen LogP contribution in [0.1, 0.15) is 26.2 Å². The highest BCUT2D eigenvalue weighted by Crippen LogP contribution is 2.33. The van der Waals surface area contributed by atoms with Crippen molar-refractivity contribution in [2.75, 3.05) is 6.54 Å². The van der Waals surface area contributed by atoms with Crippen molar-refractivity contribution < 1.29 is 19.8 Å². The predicted molar refractivity (Wildman–Crippen MR) is 57.0 cm³/mol. The average molecular weight is 230 g/mol. The second-order valence-corrected chi connectivity index (χ2v) is 4.29. The number of aliphatic hydroxyl groups is 1. The van der Waals surface area contributed by atoms with Crippen molar-refractivity contribution in [2.45, 2.75) is 38.3 Å². The van der Waals surface area contributed by atoms with Crippen molar-refractivity contribution in [2.24, 2.45) is 5.92 Å². The number of hydrogen-bond donors (Lipinski definition) is 4. The van der Waals surface area contributed by atoms with E-state index in [0.717, 1.165) is 12.3 Å². The van der Waals surface area contributed by atoms with Crippen LogP contribution in [0, 0.1) is 5.92 Å². The van der Waals surface area contributed by atoms with E-state index in [9.17, 15) is 9.59 Å². The summed E-state index contributed by atoms with van der Waals surface area (Å²) in [6.07, 6.45) is 1.86. The molecule has 1 aliphatic carbocycles. The molecular formula is C10H18N2O4. The molecule has 0 radical (unpaired) electrons. The molecule has 1 aliphatic rings. The van der Waals surface area contributed by atoms with Crippen LogP contribution in [-0.4, -0.2) is 40.9 Å². The lowest BCUT2D eigenvalue weighted by atomic mass is 10.2. The molecule has 0 aliphatic heterocycles. The van der Waals surface area contributed by atoms with E-state index in [-0.39, 0.29) is 12.6 Å². The molecule has 2 unspecified atom stereocenters. The average Bonchev–Trinajstić information content (AvgIpc) is 2.97. The monoisotopic (exact) mass is 230 g/mol. The Morgan fingerprint density at radius 1 is 1.44 bits per heavy atom. The Kier molecular flexibility index (Phi) is 4.54. The molecule has 2 amide bonds. The summed E-state index contributed by atoms with van der Waals surface area (Å²) in [5.74, 6) is -0.619. The molecule has 0 aromatic heterocycles. The first-order valence-corrected chi connectivity index (χ1v) is 5.44. The van der Waals surface area contributed by atoms with Crippen LogP contribution in [0.2, 0.25) is 0 Å². The second-order valence-electron chi connectivity index (χ2n) is 4.29. The number of carboxylic acid groups (broad SMARTS) is 1. The normalized spacial score (nSPS) is 18.6. The summed E-state index contributed by atoms with van der Waals surface area (Å²) in [4.78, 5) is 21.5. The zero-order valence-electron chi connectivity index (χ0n) is 9.27. The van der Waals surface area contributed by atoms with Gasteiger partial charge in [0.2, 0.25) is 0 Å². The van der Waals surface area contributed by atoms with Gasteiger partial charge < -0.3 is 20.8 Å². The molecule has 0 aromatic rings. The Balaban J connectivity index is 2.11. The number of rotatable bonds is 6. The van der Waals surface area contributed by atoms with Gasteiger partial charge in [-0.05, 0) is 19.3 Å². The largest absolute Gasteiger partial charge is 0.479 e. The van der Waals surface area contributed by atoms with Gasteiger partial charge in [-0.25, -0.2) is 9.59 Å². The minimum absolute atomic E-state index is 0.0782. The van der Waals surface area contributed by atoms with Gasteiger partial charge in [0.05, 0.1) is 6.54 Å². The lowest BCUT2D eigenvalue weighted by Crippen LogP contribution is -2.45. The maximum atomic E-state index is 11.3. The van der Waals surface area contributed by atoms with Gasteiger partial charge in [0.15, 0.2) is 6.10 Å². The van der Waals surface area contributed by atoms with E-state index in [2.05, 4.69) is 10.6 Å². The molecule has 0 heterocycles. The van der Waals surface area contributed by atoms with Gasteiger partial charge in [-0.3, -0.25) is 0 Å². The van der Waals surface area contributed by atoms with Gasteiger partial charge in [-0.15, -0.1) is 0 Å². The molecule has 4 N–H and O–H groups in total. The van der Waals surface area contributed by atoms with Crippen molar-refractivity contribution in [3.05, 3.63) is 0 Å². The standard InChI is InChI=1S/C10H18N2O4/c1-6(4-7-2-3-7)12-10(16)11-5-8(13)9(14)15/h6-8,13H,2-5H2,1H3,(H,14,15)(H2,11,12,16). The topological polar surface area (TPSA) is 98.7 Å². The molecule has 6 nitrogen and oxygen atoms in total. The summed E-state index contributed by atoms with van der Waals surface area (Å²) in [6, 6.07) is -0.358. The van der Waals surface area contributed by atoms with Gasteiger partial charge in [-0.1, -0.05) is 12.8 Å². The van der Waals surface area contributed by atoms with E-state index in [4.69, 9.17) is 10.2 Å². The van der Waals surface area contributed by atoms with Crippen molar-refractivity contribution in [1.82, 2.24) is 10.6 Å². The van der Waals surface area contributed by atoms with E-state index >= 15 is 0 Å². The molecule has 0 saturated heterocycles. The number of carbonyl (C=O) groups excluding carboxylic acids is 1. The minimum Gasteiger partial charge on any atom is -0.479 e. The fraction of sp³-hybridized carbons (Fsp3) is 0.800. The second kappa shape index (κ2) is 5.69. The third-order valence-electron chi connectivity index (χ3n) is 2.50. The quantitative estimate of drug-likeness (QED) is 0.513. The Hall–Kier alpha value is -1.30. The number of hydrogen-bond acceptors (Lipinski definition) is 3. The highest BCUT2D eigenvalue weighted by Gasteiger charge is 2.24. The first kappa shape index (κ1) is 12.8. The number of nitrogens with one attached hydrogen (secondary N) is 2. The molecule has 0 aromatic carbocycles. The summed E-state index contributed by atoms with van der Waals surface area (Å²) in [5, 5.41) is 22.3. The van der Waals surface area contributed by atoms with E-state index in [1.807, 2.05) is 6.92 Å². The SMILES string of the molecule is CC(CC1CC1)NC(=O)NCC(O)C(=O)O. The molecule has 6 heteroatoms. The molecule has 1 rings (SSSR count). The third kappa shape index (κ3) is 4.97. The highest BCUT2D eigenvalue weighted by atomic mass is 16.4. The Labute approximate surface area is 94.0 Å². The van der Waals surface area contributed by atoms with Gasteiger partial charge in [0.25, 0.3) is 0 Å². The summed E-state index contributed by atoms with van der Waals surface area (Å²) in [5.41, 5.74) is 0. The van der Waals surface area contributed by atoms with Crippen LogP contribution in [0.15, 0.2) is 0 Å². The van der Waals surface area contributed by atoms with E-state index in [1.165, 1.54) is 12.8 Å². The number of urea groups is 1. The van der Waals surface area contributed by atoms with Crippen LogP contribution in [0.3, 0.4) is 0 Å². The van der Waals surface area contributed by atoms with E-state index in [1.54, 1.807) is 0 Å². The summed E-state index contributed by atoms with van der Waals surface area (Å²) < 4.78 is 0. The van der Waals surface area contributed by atoms with Crippen LogP contribution in [0.4, 0.5) is 4.79 Å². The number of aliphatic hydroxyl groups excluding tert-OH is 1. The zero-order chi connectivity index (χ0) is 12.1. The summed E-state index contributed by atoms with van der Waals surface area (Å²) >= 11 is 0. The lowest BCUT2D eigenvalue weighted by molar-refractivity contribution is -0.146. The molecule has 92 valence electrons. The van der Waals surface area contributed by atoms with Gasteiger partial charge in [0, 0.05) is 6.04 Å². The van der Waals surface area contributed by atoms with Crippen molar-refractivity contribution >= 4 is 12.0 Å². The lowest BCUT2D eigenvalue weighted by Gasteiger charge is -2.14. The Bertz CT molecular complexity index is 266. The molecule has 2 atom stereocenters. The van der Waals surface area contributed by atoms with E-state index in [0.29, 0.717) is 0 Å². The number of carboxylic acids is 1. The van der Waals surface area contributed by atoms with Crippen LogP contribution in [0.5, 0.6) is 0 Å². The van der Waals surface area contributed by atoms with Crippen LogP contribution >= 0.6 is 0 Å². The molecule has 16 heavy (non-hydrogen) atoms. The van der Waals surface area contributed by atoms with Gasteiger partial charge >= 0.3 is 12.0 Å². The van der Waals surface area contributed by atoms with Crippen LogP contribution < -0.4 is 10.6 Å². The molecular weight excluding hydrogens is 212 g/mol. The van der Waals surface area contributed by atoms with E-state index < -0.39 is 18.1 Å². The van der Waals surface area contributed by atoms with Gasteiger partial charge in [0.1, 0.15) is 0 Å². The molecule has 0 spiro atoms. The van der Waals surface area contributed by atoms with Crippen molar-refractivity contribution in [1.29, 1.82) is 0 Å². The molecule has 0 bridgehead atoms. The maximum absolute atomic E-state index is 11.3. The highest BCUT2D eigenvalue weighted by molar-refractivity contribution is 5.76. The first-order valence-electron chi connectivity index (χ1n) is 5.44. The Morgan fingerprint density at radius 2 is 2.06 bits per heavy atom. The fourth-order valence-corrected chi connectivity index (χ4v) is 1.46. The third-order valence-corrected chi connectivity index (χ3v) is 2.50. The Morgan fingerprint density at radius 3 is 2.56 bits per heavy atom. The number of amides is 2. The van der Waals surface area contributed by atoms with Crippen molar-refractivity contribution in [3.63, 3.8) is 0 Å². The maximum Gasteiger partial charge on any atom is 0.334 e. The van der Waals surface area contributed by atoms with Gasteiger partial charge in [-0.2, -0.15) is 0 Å². The number of carbonyl (C=O) groups is 2. The fourth-order valence-electron chi connectivity index (χ4n) is 1.46. The number of aliphatic carboxylic acids is 1. The smallest absolute Gasteiger partial charge is 0.334 e. The summed E-state index contributed by atoms with van der Waals surface area (Å²) in [7, 11) is 0. The molecule has 1 saturated carbocycles. The zero-order valence-corrected chi connectivity index (χ0v) is 9.27. The summed E-state index contributed by atoms with van der Waals surface area (Å²) in [6.45, 7) is 1.63.